The summed E-state index contributed by atoms with van der Waals surface area (Å²) in [5.74, 6) is -0.483. The van der Waals surface area contributed by atoms with Gasteiger partial charge in [-0.3, -0.25) is 9.89 Å². The third kappa shape index (κ3) is 3.26. The van der Waals surface area contributed by atoms with Gasteiger partial charge in [-0.15, -0.1) is 0 Å². The number of aryl methyl sites for hydroxylation is 1. The van der Waals surface area contributed by atoms with E-state index in [-0.39, 0.29) is 24.9 Å². The predicted molar refractivity (Wildman–Crippen MR) is 96.8 cm³/mol. The van der Waals surface area contributed by atoms with Gasteiger partial charge >= 0.3 is 0 Å². The van der Waals surface area contributed by atoms with Crippen molar-refractivity contribution in [2.24, 2.45) is 5.41 Å². The fraction of sp³-hybridized carbons (Fsp3) is 0.500. The van der Waals surface area contributed by atoms with Gasteiger partial charge in [0.1, 0.15) is 5.82 Å². The molecule has 1 amide bonds. The highest BCUT2D eigenvalue weighted by molar-refractivity contribution is 5.94. The number of nitrogens with one attached hydrogen (secondary N) is 1. The first-order chi connectivity index (χ1) is 13.0. The van der Waals surface area contributed by atoms with Crippen molar-refractivity contribution in [2.75, 3.05) is 19.7 Å². The van der Waals surface area contributed by atoms with Crippen LogP contribution in [0.4, 0.5) is 4.39 Å². The number of hydrogen-bond acceptors (Lipinski definition) is 4. The number of H-pyrrole nitrogens is 1. The van der Waals surface area contributed by atoms with E-state index in [1.54, 1.807) is 17.0 Å². The number of aromatic amines is 1. The molecule has 27 heavy (non-hydrogen) atoms. The number of halogens is 1. The smallest absolute Gasteiger partial charge is 0.274 e. The number of amides is 1. The fourth-order valence-corrected chi connectivity index (χ4v) is 4.36. The van der Waals surface area contributed by atoms with Crippen LogP contribution in [-0.4, -0.2) is 57.0 Å². The van der Waals surface area contributed by atoms with Gasteiger partial charge < -0.3 is 15.1 Å². The molecule has 0 spiro atoms. The molecule has 144 valence electrons. The first-order valence-corrected chi connectivity index (χ1v) is 9.41. The zero-order chi connectivity index (χ0) is 19.0. The molecule has 2 aromatic rings. The molecule has 0 radical (unpaired) electrons. The van der Waals surface area contributed by atoms with Gasteiger partial charge in [-0.05, 0) is 49.8 Å². The molecule has 0 unspecified atom stereocenters. The van der Waals surface area contributed by atoms with E-state index in [2.05, 4.69) is 10.2 Å². The maximum Gasteiger partial charge on any atom is 0.274 e. The molecule has 1 aromatic heterocycles. The Morgan fingerprint density at radius 1 is 1.33 bits per heavy atom. The maximum absolute atomic E-state index is 13.2. The molecule has 7 heteroatoms. The van der Waals surface area contributed by atoms with Crippen LogP contribution in [0.5, 0.6) is 0 Å². The van der Waals surface area contributed by atoms with E-state index in [4.69, 9.17) is 0 Å². The van der Waals surface area contributed by atoms with Crippen molar-refractivity contribution in [3.05, 3.63) is 52.6 Å². The lowest BCUT2D eigenvalue weighted by Gasteiger charge is -2.45. The number of piperidine rings is 1. The number of carbonyl (C=O) groups excluding carboxylic acids is 1. The second kappa shape index (κ2) is 7.05. The topological polar surface area (TPSA) is 89.5 Å². The Hall–Kier alpha value is -2.25. The Bertz CT molecular complexity index is 835. The molecule has 1 saturated heterocycles. The van der Waals surface area contributed by atoms with Crippen molar-refractivity contribution in [1.82, 2.24) is 15.1 Å². The van der Waals surface area contributed by atoms with E-state index in [1.807, 2.05) is 0 Å². The number of hydrogen-bond donors (Lipinski definition) is 3. The number of aliphatic hydroxyl groups is 2. The number of fused-ring (bicyclic) bond motifs is 1. The Kier molecular flexibility index (Phi) is 4.74. The third-order valence-corrected chi connectivity index (χ3v) is 5.97. The van der Waals surface area contributed by atoms with Gasteiger partial charge in [-0.25, -0.2) is 4.39 Å². The fourth-order valence-electron chi connectivity index (χ4n) is 4.36. The number of likely N-dealkylation sites (tertiary alicyclic amines) is 1. The summed E-state index contributed by atoms with van der Waals surface area (Å²) in [5.41, 5.74) is 2.45. The van der Waals surface area contributed by atoms with Gasteiger partial charge in [0.05, 0.1) is 12.7 Å². The molecule has 1 aliphatic heterocycles. The first-order valence-electron chi connectivity index (χ1n) is 9.41. The average molecular weight is 373 g/mol. The molecular weight excluding hydrogens is 349 g/mol. The van der Waals surface area contributed by atoms with Gasteiger partial charge in [0.2, 0.25) is 0 Å². The Labute approximate surface area is 157 Å². The van der Waals surface area contributed by atoms with Crippen molar-refractivity contribution in [3.8, 4) is 0 Å². The minimum absolute atomic E-state index is 0.154. The summed E-state index contributed by atoms with van der Waals surface area (Å²) in [7, 11) is 0. The summed E-state index contributed by atoms with van der Waals surface area (Å²) in [6.07, 6.45) is 2.81. The standard InChI is InChI=1S/C20H24FN3O3/c21-14-6-4-13(5-7-14)10-20(12-25)11-24(9-8-17(20)26)19(27)18-15-2-1-3-16(15)22-23-18/h4-7,17,25-26H,1-3,8-12H2,(H,22,23)/t17-,20-/m0/s1. The lowest BCUT2D eigenvalue weighted by molar-refractivity contribution is -0.0669. The first kappa shape index (κ1) is 18.1. The van der Waals surface area contributed by atoms with Crippen LogP contribution in [0.25, 0.3) is 0 Å². The van der Waals surface area contributed by atoms with Crippen LogP contribution >= 0.6 is 0 Å². The largest absolute Gasteiger partial charge is 0.396 e. The van der Waals surface area contributed by atoms with Crippen molar-refractivity contribution in [2.45, 2.75) is 38.2 Å². The van der Waals surface area contributed by atoms with Crippen LogP contribution in [0.15, 0.2) is 24.3 Å². The maximum atomic E-state index is 13.2. The predicted octanol–water partition coefficient (Wildman–Crippen LogP) is 1.47. The van der Waals surface area contributed by atoms with Crippen molar-refractivity contribution >= 4 is 5.91 Å². The zero-order valence-electron chi connectivity index (χ0n) is 15.1. The summed E-state index contributed by atoms with van der Waals surface area (Å²) < 4.78 is 13.2. The van der Waals surface area contributed by atoms with Crippen molar-refractivity contribution in [3.63, 3.8) is 0 Å². The van der Waals surface area contributed by atoms with Gasteiger partial charge in [-0.2, -0.15) is 5.10 Å². The molecule has 2 atom stereocenters. The van der Waals surface area contributed by atoms with E-state index in [0.717, 1.165) is 36.1 Å². The summed E-state index contributed by atoms with van der Waals surface area (Å²) in [6, 6.07) is 6.04. The second-order valence-electron chi connectivity index (χ2n) is 7.74. The number of rotatable bonds is 4. The molecule has 2 heterocycles. The van der Waals surface area contributed by atoms with Crippen molar-refractivity contribution in [1.29, 1.82) is 0 Å². The molecule has 6 nitrogen and oxygen atoms in total. The van der Waals surface area contributed by atoms with E-state index in [1.165, 1.54) is 12.1 Å². The third-order valence-electron chi connectivity index (χ3n) is 5.97. The van der Waals surface area contributed by atoms with Gasteiger partial charge in [0.25, 0.3) is 5.91 Å². The van der Waals surface area contributed by atoms with E-state index in [0.29, 0.717) is 25.1 Å². The average Bonchev–Trinajstić information content (AvgIpc) is 3.28. The Morgan fingerprint density at radius 2 is 2.11 bits per heavy atom. The molecule has 0 saturated carbocycles. The lowest BCUT2D eigenvalue weighted by Crippen LogP contribution is -2.56. The molecule has 1 aromatic carbocycles. The summed E-state index contributed by atoms with van der Waals surface area (Å²) in [6.45, 7) is 0.406. The van der Waals surface area contributed by atoms with Gasteiger partial charge in [0, 0.05) is 29.8 Å². The summed E-state index contributed by atoms with van der Waals surface area (Å²) in [5, 5.41) is 27.9. The number of carbonyl (C=O) groups is 1. The quantitative estimate of drug-likeness (QED) is 0.757. The number of nitrogens with zero attached hydrogens (tertiary/aromatic N) is 2. The highest BCUT2D eigenvalue weighted by atomic mass is 19.1. The van der Waals surface area contributed by atoms with Crippen LogP contribution in [0.2, 0.25) is 0 Å². The Morgan fingerprint density at radius 3 is 2.85 bits per heavy atom. The molecule has 0 bridgehead atoms. The van der Waals surface area contributed by atoms with Crippen LogP contribution in [0, 0.1) is 11.2 Å². The van der Waals surface area contributed by atoms with Crippen LogP contribution in [0.1, 0.15) is 40.2 Å². The highest BCUT2D eigenvalue weighted by Gasteiger charge is 2.44. The normalized spacial score (nSPS) is 24.9. The minimum Gasteiger partial charge on any atom is -0.396 e. The van der Waals surface area contributed by atoms with Crippen LogP contribution < -0.4 is 0 Å². The molecule has 4 rings (SSSR count). The molecule has 1 aliphatic carbocycles. The monoisotopic (exact) mass is 373 g/mol. The molecule has 2 aliphatic rings. The SMILES string of the molecule is O=C(c1n[nH]c2c1CCC2)N1CC[C@H](O)[C@@](CO)(Cc2ccc(F)cc2)C1. The van der Waals surface area contributed by atoms with E-state index >= 15 is 0 Å². The van der Waals surface area contributed by atoms with Crippen LogP contribution in [0.3, 0.4) is 0 Å². The van der Waals surface area contributed by atoms with Crippen molar-refractivity contribution < 1.29 is 19.4 Å². The van der Waals surface area contributed by atoms with Gasteiger partial charge in [0.15, 0.2) is 5.69 Å². The Balaban J connectivity index is 1.57. The summed E-state index contributed by atoms with van der Waals surface area (Å²) >= 11 is 0. The van der Waals surface area contributed by atoms with Crippen LogP contribution in [-0.2, 0) is 19.3 Å². The number of aromatic nitrogens is 2. The second-order valence-corrected chi connectivity index (χ2v) is 7.74. The zero-order valence-corrected chi connectivity index (χ0v) is 15.1. The molecule has 3 N–H and O–H groups in total. The van der Waals surface area contributed by atoms with Gasteiger partial charge in [-0.1, -0.05) is 12.1 Å². The van der Waals surface area contributed by atoms with E-state index in [9.17, 15) is 19.4 Å². The molecular formula is C20H24FN3O3. The highest BCUT2D eigenvalue weighted by Crippen LogP contribution is 2.35. The number of aliphatic hydroxyl groups excluding tert-OH is 2. The van der Waals surface area contributed by atoms with E-state index < -0.39 is 11.5 Å². The minimum atomic E-state index is -0.870. The number of benzene rings is 1. The lowest BCUT2D eigenvalue weighted by atomic mass is 9.73. The summed E-state index contributed by atoms with van der Waals surface area (Å²) in [4.78, 5) is 14.7. The molecule has 1 fully saturated rings.